The molecule has 0 fully saturated rings. The highest BCUT2D eigenvalue weighted by Gasteiger charge is 2.05. The van der Waals surface area contributed by atoms with Crippen molar-refractivity contribution >= 4 is 17.1 Å². The molecule has 4 heteroatoms. The molecule has 1 aromatic carbocycles. The predicted octanol–water partition coefficient (Wildman–Crippen LogP) is 4.34. The van der Waals surface area contributed by atoms with Gasteiger partial charge in [0.15, 0.2) is 0 Å². The number of thiazole rings is 1. The highest BCUT2D eigenvalue weighted by Crippen LogP contribution is 2.20. The third-order valence-corrected chi connectivity index (χ3v) is 4.31. The Labute approximate surface area is 140 Å². The second-order valence-electron chi connectivity index (χ2n) is 5.50. The molecule has 0 bridgehead atoms. The monoisotopic (exact) mass is 322 g/mol. The summed E-state index contributed by atoms with van der Waals surface area (Å²) >= 11 is 1.60. The van der Waals surface area contributed by atoms with Crippen molar-refractivity contribution in [3.8, 4) is 11.3 Å². The van der Waals surface area contributed by atoms with Gasteiger partial charge >= 0.3 is 0 Å². The van der Waals surface area contributed by atoms with Crippen molar-refractivity contribution < 1.29 is 4.79 Å². The number of aromatic nitrogens is 2. The topological polar surface area (TPSA) is 42.9 Å². The van der Waals surface area contributed by atoms with E-state index in [9.17, 15) is 4.79 Å². The lowest BCUT2D eigenvalue weighted by molar-refractivity contribution is -0.118. The summed E-state index contributed by atoms with van der Waals surface area (Å²) in [6, 6.07) is 12.3. The van der Waals surface area contributed by atoms with Gasteiger partial charge in [0.1, 0.15) is 5.78 Å². The van der Waals surface area contributed by atoms with Crippen LogP contribution in [0.2, 0.25) is 0 Å². The summed E-state index contributed by atoms with van der Waals surface area (Å²) in [6.45, 7) is 0. The lowest BCUT2D eigenvalue weighted by atomic mass is 10.0. The molecule has 0 radical (unpaired) electrons. The highest BCUT2D eigenvalue weighted by molar-refractivity contribution is 7.07. The second-order valence-corrected chi connectivity index (χ2v) is 6.22. The molecule has 0 unspecified atom stereocenters. The van der Waals surface area contributed by atoms with E-state index in [-0.39, 0.29) is 5.78 Å². The molecule has 0 amide bonds. The molecule has 116 valence electrons. The van der Waals surface area contributed by atoms with Crippen molar-refractivity contribution in [1.82, 2.24) is 9.97 Å². The van der Waals surface area contributed by atoms with E-state index in [1.165, 1.54) is 5.56 Å². The number of carbonyl (C=O) groups excluding carboxylic acids is 1. The Morgan fingerprint density at radius 2 is 1.96 bits per heavy atom. The normalized spacial score (nSPS) is 10.6. The molecule has 0 spiro atoms. The minimum atomic E-state index is 0.275. The van der Waals surface area contributed by atoms with Gasteiger partial charge < -0.3 is 0 Å². The van der Waals surface area contributed by atoms with E-state index in [2.05, 4.69) is 34.2 Å². The Morgan fingerprint density at radius 1 is 1.09 bits per heavy atom. The molecule has 23 heavy (non-hydrogen) atoms. The van der Waals surface area contributed by atoms with E-state index >= 15 is 0 Å². The second kappa shape index (κ2) is 7.79. The van der Waals surface area contributed by atoms with Crippen LogP contribution >= 0.6 is 11.3 Å². The third kappa shape index (κ3) is 4.57. The van der Waals surface area contributed by atoms with Crippen molar-refractivity contribution in [2.75, 3.05) is 0 Å². The Morgan fingerprint density at radius 3 is 2.65 bits per heavy atom. The Balaban J connectivity index is 1.46. The molecule has 3 aromatic rings. The summed E-state index contributed by atoms with van der Waals surface area (Å²) in [5, 5.41) is 2.05. The minimum Gasteiger partial charge on any atom is -0.299 e. The zero-order valence-electron chi connectivity index (χ0n) is 12.8. The third-order valence-electron chi connectivity index (χ3n) is 3.73. The molecule has 3 nitrogen and oxygen atoms in total. The number of pyridine rings is 1. The van der Waals surface area contributed by atoms with Gasteiger partial charge in [0, 0.05) is 36.2 Å². The number of Topliss-reactive ketones (excluding diaryl/α,β-unsaturated/α-hetero) is 1. The number of aryl methyl sites for hydroxylation is 1. The number of rotatable bonds is 7. The fourth-order valence-electron chi connectivity index (χ4n) is 2.51. The van der Waals surface area contributed by atoms with Gasteiger partial charge in [0.05, 0.1) is 11.2 Å². The molecule has 0 saturated heterocycles. The summed E-state index contributed by atoms with van der Waals surface area (Å²) in [6.07, 6.45) is 6.39. The average Bonchev–Trinajstić information content (AvgIpc) is 3.11. The standard InChI is InChI=1S/C19H18N2OS/c22-18(11-16-4-2-10-20-12-16)5-1-3-15-6-8-17(9-7-15)19-13-23-14-21-19/h2,4,6-10,12-14H,1,3,5,11H2. The SMILES string of the molecule is O=C(CCCc1ccc(-c2cscn2)cc1)Cc1cccnc1. The first-order valence-corrected chi connectivity index (χ1v) is 8.63. The Bertz CT molecular complexity index is 737. The van der Waals surface area contributed by atoms with Crippen LogP contribution in [0.3, 0.4) is 0 Å². The van der Waals surface area contributed by atoms with Crippen LogP contribution in [0, 0.1) is 0 Å². The summed E-state index contributed by atoms with van der Waals surface area (Å²) in [7, 11) is 0. The van der Waals surface area contributed by atoms with Crippen molar-refractivity contribution in [3.63, 3.8) is 0 Å². The van der Waals surface area contributed by atoms with E-state index in [1.54, 1.807) is 23.7 Å². The van der Waals surface area contributed by atoms with Crippen molar-refractivity contribution in [1.29, 1.82) is 0 Å². The highest BCUT2D eigenvalue weighted by atomic mass is 32.1. The molecule has 0 aliphatic heterocycles. The number of ketones is 1. The zero-order chi connectivity index (χ0) is 15.9. The van der Waals surface area contributed by atoms with Crippen molar-refractivity contribution in [3.05, 3.63) is 70.8 Å². The molecule has 0 N–H and O–H groups in total. The first kappa shape index (κ1) is 15.6. The van der Waals surface area contributed by atoms with Crippen LogP contribution < -0.4 is 0 Å². The van der Waals surface area contributed by atoms with Gasteiger partial charge in [-0.05, 0) is 30.0 Å². The van der Waals surface area contributed by atoms with Gasteiger partial charge in [-0.1, -0.05) is 30.3 Å². The lowest BCUT2D eigenvalue weighted by Gasteiger charge is -2.03. The minimum absolute atomic E-state index is 0.275. The summed E-state index contributed by atoms with van der Waals surface area (Å²) in [5.41, 5.74) is 6.26. The van der Waals surface area contributed by atoms with Gasteiger partial charge in [0.25, 0.3) is 0 Å². The van der Waals surface area contributed by atoms with E-state index in [0.29, 0.717) is 12.8 Å². The van der Waals surface area contributed by atoms with Gasteiger partial charge in [-0.15, -0.1) is 11.3 Å². The van der Waals surface area contributed by atoms with Crippen LogP contribution in [-0.2, 0) is 17.6 Å². The zero-order valence-corrected chi connectivity index (χ0v) is 13.6. The van der Waals surface area contributed by atoms with E-state index in [0.717, 1.165) is 29.7 Å². The molecule has 0 aliphatic carbocycles. The lowest BCUT2D eigenvalue weighted by Crippen LogP contribution is -2.03. The van der Waals surface area contributed by atoms with Crippen LogP contribution in [0.1, 0.15) is 24.0 Å². The molecule has 0 aliphatic rings. The molecule has 3 rings (SSSR count). The number of carbonyl (C=O) groups is 1. The van der Waals surface area contributed by atoms with E-state index in [1.807, 2.05) is 23.0 Å². The summed E-state index contributed by atoms with van der Waals surface area (Å²) in [4.78, 5) is 20.3. The maximum absolute atomic E-state index is 12.0. The average molecular weight is 322 g/mol. The molecular weight excluding hydrogens is 304 g/mol. The molecule has 2 heterocycles. The molecule has 2 aromatic heterocycles. The number of hydrogen-bond acceptors (Lipinski definition) is 4. The van der Waals surface area contributed by atoms with E-state index in [4.69, 9.17) is 0 Å². The van der Waals surface area contributed by atoms with Gasteiger partial charge in [-0.25, -0.2) is 4.98 Å². The quantitative estimate of drug-likeness (QED) is 0.650. The van der Waals surface area contributed by atoms with Crippen molar-refractivity contribution in [2.45, 2.75) is 25.7 Å². The van der Waals surface area contributed by atoms with Gasteiger partial charge in [-0.3, -0.25) is 9.78 Å². The number of benzene rings is 1. The Hall–Kier alpha value is -2.33. The molecule has 0 atom stereocenters. The van der Waals surface area contributed by atoms with Crippen LogP contribution in [0.4, 0.5) is 0 Å². The Kier molecular flexibility index (Phi) is 5.27. The first-order valence-electron chi connectivity index (χ1n) is 7.69. The largest absolute Gasteiger partial charge is 0.299 e. The summed E-state index contributed by atoms with van der Waals surface area (Å²) in [5.74, 6) is 0.275. The van der Waals surface area contributed by atoms with Gasteiger partial charge in [-0.2, -0.15) is 0 Å². The molecular formula is C19H18N2OS. The first-order chi connectivity index (χ1) is 11.3. The number of nitrogens with zero attached hydrogens (tertiary/aromatic N) is 2. The maximum Gasteiger partial charge on any atom is 0.137 e. The van der Waals surface area contributed by atoms with E-state index < -0.39 is 0 Å². The van der Waals surface area contributed by atoms with Crippen LogP contribution in [0.15, 0.2) is 59.7 Å². The van der Waals surface area contributed by atoms with Crippen LogP contribution in [0.25, 0.3) is 11.3 Å². The number of hydrogen-bond donors (Lipinski definition) is 0. The van der Waals surface area contributed by atoms with Gasteiger partial charge in [0.2, 0.25) is 0 Å². The maximum atomic E-state index is 12.0. The smallest absolute Gasteiger partial charge is 0.137 e. The van der Waals surface area contributed by atoms with Crippen LogP contribution in [-0.4, -0.2) is 15.8 Å². The predicted molar refractivity (Wildman–Crippen MR) is 93.4 cm³/mol. The molecule has 0 saturated carbocycles. The fraction of sp³-hybridized carbons (Fsp3) is 0.211. The van der Waals surface area contributed by atoms with Crippen LogP contribution in [0.5, 0.6) is 0 Å². The summed E-state index contributed by atoms with van der Waals surface area (Å²) < 4.78 is 0. The fourth-order valence-corrected chi connectivity index (χ4v) is 3.07. The van der Waals surface area contributed by atoms with Crippen molar-refractivity contribution in [2.24, 2.45) is 0 Å².